The number of fused-ring (bicyclic) bond motifs is 2. The topological polar surface area (TPSA) is 37.6 Å². The zero-order chi connectivity index (χ0) is 16.1. The maximum Gasteiger partial charge on any atom is 0.274 e. The van der Waals surface area contributed by atoms with Gasteiger partial charge < -0.3 is 4.90 Å². The SMILES string of the molecule is CC1c2ccsc2CCN1C(=O)c1cc2c(Cl)cc(Cl)cn2n1. The van der Waals surface area contributed by atoms with Gasteiger partial charge in [-0.25, -0.2) is 4.52 Å². The van der Waals surface area contributed by atoms with Crippen molar-refractivity contribution >= 4 is 46.0 Å². The molecule has 4 nitrogen and oxygen atoms in total. The Morgan fingerprint density at radius 1 is 1.39 bits per heavy atom. The van der Waals surface area contributed by atoms with Crippen molar-refractivity contribution in [1.29, 1.82) is 0 Å². The lowest BCUT2D eigenvalue weighted by Gasteiger charge is -2.33. The van der Waals surface area contributed by atoms with E-state index in [1.807, 2.05) is 4.90 Å². The maximum atomic E-state index is 12.9. The molecule has 4 rings (SSSR count). The van der Waals surface area contributed by atoms with E-state index >= 15 is 0 Å². The van der Waals surface area contributed by atoms with Crippen LogP contribution in [0.1, 0.15) is 33.9 Å². The fourth-order valence-corrected chi connectivity index (χ4v) is 4.54. The summed E-state index contributed by atoms with van der Waals surface area (Å²) in [5.74, 6) is -0.0785. The molecule has 0 spiro atoms. The van der Waals surface area contributed by atoms with Crippen LogP contribution in [0, 0.1) is 0 Å². The van der Waals surface area contributed by atoms with Gasteiger partial charge in [-0.3, -0.25) is 4.79 Å². The summed E-state index contributed by atoms with van der Waals surface area (Å²) < 4.78 is 1.56. The highest BCUT2D eigenvalue weighted by molar-refractivity contribution is 7.10. The average Bonchev–Trinajstić information content (AvgIpc) is 3.13. The fraction of sp³-hybridized carbons (Fsp3) is 0.250. The molecule has 0 bridgehead atoms. The number of aromatic nitrogens is 2. The van der Waals surface area contributed by atoms with Crippen molar-refractivity contribution in [2.45, 2.75) is 19.4 Å². The molecule has 1 aliphatic rings. The Balaban J connectivity index is 1.71. The molecule has 0 fully saturated rings. The Kier molecular flexibility index (Phi) is 3.59. The summed E-state index contributed by atoms with van der Waals surface area (Å²) in [5, 5.41) is 7.40. The molecule has 0 saturated heterocycles. The van der Waals surface area contributed by atoms with Crippen LogP contribution < -0.4 is 0 Å². The zero-order valence-corrected chi connectivity index (χ0v) is 14.6. The molecule has 1 amide bonds. The van der Waals surface area contributed by atoms with Gasteiger partial charge in [0.2, 0.25) is 0 Å². The van der Waals surface area contributed by atoms with Gasteiger partial charge in [-0.2, -0.15) is 5.10 Å². The van der Waals surface area contributed by atoms with Crippen molar-refractivity contribution in [2.24, 2.45) is 0 Å². The normalized spacial score (nSPS) is 17.5. The summed E-state index contributed by atoms with van der Waals surface area (Å²) in [4.78, 5) is 16.1. The molecule has 3 aromatic heterocycles. The predicted octanol–water partition coefficient (Wildman–Crippen LogP) is 4.46. The molecule has 1 atom stereocenters. The molecule has 3 aromatic rings. The molecule has 4 heterocycles. The Bertz CT molecular complexity index is 917. The van der Waals surface area contributed by atoms with Crippen LogP contribution in [-0.2, 0) is 6.42 Å². The second-order valence-electron chi connectivity index (χ2n) is 5.59. The largest absolute Gasteiger partial charge is 0.330 e. The number of rotatable bonds is 1. The molecule has 0 saturated carbocycles. The number of halogens is 2. The smallest absolute Gasteiger partial charge is 0.274 e. The third kappa shape index (κ3) is 2.43. The monoisotopic (exact) mass is 365 g/mol. The van der Waals surface area contributed by atoms with Crippen molar-refractivity contribution < 1.29 is 4.79 Å². The van der Waals surface area contributed by atoms with Crippen LogP contribution in [-0.4, -0.2) is 27.0 Å². The van der Waals surface area contributed by atoms with Gasteiger partial charge in [0.1, 0.15) is 0 Å². The van der Waals surface area contributed by atoms with Crippen molar-refractivity contribution in [3.63, 3.8) is 0 Å². The quantitative estimate of drug-likeness (QED) is 0.638. The first-order valence-electron chi connectivity index (χ1n) is 7.26. The van der Waals surface area contributed by atoms with Gasteiger partial charge in [0.05, 0.1) is 21.6 Å². The number of hydrogen-bond donors (Lipinski definition) is 0. The molecule has 0 aromatic carbocycles. The molecule has 23 heavy (non-hydrogen) atoms. The van der Waals surface area contributed by atoms with Gasteiger partial charge in [-0.1, -0.05) is 23.2 Å². The molecule has 1 aliphatic heterocycles. The minimum absolute atomic E-state index is 0.0568. The van der Waals surface area contributed by atoms with Crippen LogP contribution in [0.25, 0.3) is 5.52 Å². The third-order valence-corrected chi connectivity index (χ3v) is 5.75. The van der Waals surface area contributed by atoms with Gasteiger partial charge in [0.25, 0.3) is 5.91 Å². The number of amides is 1. The number of carbonyl (C=O) groups excluding carboxylic acids is 1. The van der Waals surface area contributed by atoms with E-state index < -0.39 is 0 Å². The van der Waals surface area contributed by atoms with E-state index in [0.717, 1.165) is 6.42 Å². The van der Waals surface area contributed by atoms with E-state index in [2.05, 4.69) is 23.5 Å². The van der Waals surface area contributed by atoms with E-state index in [4.69, 9.17) is 23.2 Å². The lowest BCUT2D eigenvalue weighted by molar-refractivity contribution is 0.0673. The Hall–Kier alpha value is -1.56. The highest BCUT2D eigenvalue weighted by atomic mass is 35.5. The second-order valence-corrected chi connectivity index (χ2v) is 7.43. The summed E-state index contributed by atoms with van der Waals surface area (Å²) in [6, 6.07) is 5.53. The van der Waals surface area contributed by atoms with E-state index in [1.54, 1.807) is 34.2 Å². The number of nitrogens with zero attached hydrogens (tertiary/aromatic N) is 3. The van der Waals surface area contributed by atoms with Crippen molar-refractivity contribution in [3.05, 3.63) is 56.0 Å². The highest BCUT2D eigenvalue weighted by Crippen LogP contribution is 2.34. The molecular weight excluding hydrogens is 353 g/mol. The van der Waals surface area contributed by atoms with E-state index in [9.17, 15) is 4.79 Å². The molecular formula is C16H13Cl2N3OS. The minimum Gasteiger partial charge on any atom is -0.330 e. The number of thiophene rings is 1. The third-order valence-electron chi connectivity index (χ3n) is 4.25. The standard InChI is InChI=1S/C16H13Cl2N3OS/c1-9-11-3-5-23-15(11)2-4-20(9)16(22)13-7-14-12(18)6-10(17)8-21(14)19-13/h3,5-9H,2,4H2,1H3. The Morgan fingerprint density at radius 2 is 2.22 bits per heavy atom. The van der Waals surface area contributed by atoms with Crippen LogP contribution in [0.15, 0.2) is 29.8 Å². The summed E-state index contributed by atoms with van der Waals surface area (Å²) in [7, 11) is 0. The molecule has 0 radical (unpaired) electrons. The first kappa shape index (κ1) is 15.0. The van der Waals surface area contributed by atoms with Gasteiger partial charge in [-0.05, 0) is 42.5 Å². The predicted molar refractivity (Wildman–Crippen MR) is 92.7 cm³/mol. The van der Waals surface area contributed by atoms with E-state index in [0.29, 0.717) is 27.8 Å². The lowest BCUT2D eigenvalue weighted by atomic mass is 10.0. The first-order chi connectivity index (χ1) is 11.0. The van der Waals surface area contributed by atoms with Crippen molar-refractivity contribution in [1.82, 2.24) is 14.5 Å². The first-order valence-corrected chi connectivity index (χ1v) is 8.90. The van der Waals surface area contributed by atoms with Crippen LogP contribution in [0.2, 0.25) is 10.0 Å². The molecule has 0 aliphatic carbocycles. The summed E-state index contributed by atoms with van der Waals surface area (Å²) in [5.41, 5.74) is 2.31. The van der Waals surface area contributed by atoms with Crippen LogP contribution in [0.4, 0.5) is 0 Å². The van der Waals surface area contributed by atoms with Crippen molar-refractivity contribution in [3.8, 4) is 0 Å². The fourth-order valence-electron chi connectivity index (χ4n) is 3.06. The lowest BCUT2D eigenvalue weighted by Crippen LogP contribution is -2.38. The van der Waals surface area contributed by atoms with Gasteiger partial charge >= 0.3 is 0 Å². The number of carbonyl (C=O) groups is 1. The van der Waals surface area contributed by atoms with Crippen LogP contribution >= 0.6 is 34.5 Å². The Labute approximate surface area is 147 Å². The van der Waals surface area contributed by atoms with Crippen LogP contribution in [0.3, 0.4) is 0 Å². The summed E-state index contributed by atoms with van der Waals surface area (Å²) >= 11 is 13.9. The highest BCUT2D eigenvalue weighted by Gasteiger charge is 2.30. The second kappa shape index (κ2) is 5.51. The van der Waals surface area contributed by atoms with Crippen molar-refractivity contribution in [2.75, 3.05) is 6.54 Å². The molecule has 118 valence electrons. The average molecular weight is 366 g/mol. The molecule has 0 N–H and O–H groups in total. The van der Waals surface area contributed by atoms with Gasteiger partial charge in [0, 0.05) is 17.6 Å². The zero-order valence-electron chi connectivity index (χ0n) is 12.3. The van der Waals surface area contributed by atoms with Gasteiger partial charge in [-0.15, -0.1) is 11.3 Å². The molecule has 7 heteroatoms. The minimum atomic E-state index is -0.0785. The maximum absolute atomic E-state index is 12.9. The molecule has 1 unspecified atom stereocenters. The van der Waals surface area contributed by atoms with E-state index in [1.165, 1.54) is 10.4 Å². The van der Waals surface area contributed by atoms with Gasteiger partial charge in [0.15, 0.2) is 5.69 Å². The van der Waals surface area contributed by atoms with E-state index in [-0.39, 0.29) is 11.9 Å². The number of pyridine rings is 1. The number of hydrogen-bond acceptors (Lipinski definition) is 3. The van der Waals surface area contributed by atoms with Crippen LogP contribution in [0.5, 0.6) is 0 Å². The Morgan fingerprint density at radius 3 is 3.04 bits per heavy atom. The summed E-state index contributed by atoms with van der Waals surface area (Å²) in [6.45, 7) is 2.76. The summed E-state index contributed by atoms with van der Waals surface area (Å²) in [6.07, 6.45) is 2.54.